The normalized spacial score (nSPS) is 25.6. The monoisotopic (exact) mass is 220 g/mol. The number of aromatic amines is 1. The molecule has 2 nitrogen and oxygen atoms in total. The van der Waals surface area contributed by atoms with Crippen LogP contribution < -0.4 is 0 Å². The maximum Gasteiger partial charge on any atom is 0.112 e. The molecule has 0 bridgehead atoms. The second-order valence-corrected chi connectivity index (χ2v) is 6.13. The maximum absolute atomic E-state index is 4.85. The van der Waals surface area contributed by atoms with Gasteiger partial charge in [0.2, 0.25) is 0 Å². The Morgan fingerprint density at radius 2 is 2.06 bits per heavy atom. The second kappa shape index (κ2) is 3.90. The SMILES string of the molecule is CCC(C)(C)c1nc2c([nH]1)CC(C)CC2C. The third kappa shape index (κ3) is 1.90. The van der Waals surface area contributed by atoms with Crippen molar-refractivity contribution in [1.29, 1.82) is 0 Å². The van der Waals surface area contributed by atoms with Crippen LogP contribution in [-0.4, -0.2) is 9.97 Å². The van der Waals surface area contributed by atoms with Gasteiger partial charge in [0.15, 0.2) is 0 Å². The maximum atomic E-state index is 4.85. The van der Waals surface area contributed by atoms with Crippen LogP contribution >= 0.6 is 0 Å². The van der Waals surface area contributed by atoms with Crippen molar-refractivity contribution in [2.75, 3.05) is 0 Å². The molecular weight excluding hydrogens is 196 g/mol. The van der Waals surface area contributed by atoms with E-state index in [1.165, 1.54) is 30.1 Å². The fraction of sp³-hybridized carbons (Fsp3) is 0.786. The highest BCUT2D eigenvalue weighted by Gasteiger charge is 2.29. The molecule has 16 heavy (non-hydrogen) atoms. The van der Waals surface area contributed by atoms with E-state index in [1.807, 2.05) is 0 Å². The van der Waals surface area contributed by atoms with E-state index in [1.54, 1.807) is 0 Å². The van der Waals surface area contributed by atoms with Crippen molar-refractivity contribution in [3.05, 3.63) is 17.2 Å². The van der Waals surface area contributed by atoms with Gasteiger partial charge in [0.25, 0.3) is 0 Å². The molecule has 0 amide bonds. The average molecular weight is 220 g/mol. The minimum Gasteiger partial charge on any atom is -0.345 e. The number of rotatable bonds is 2. The zero-order chi connectivity index (χ0) is 11.9. The van der Waals surface area contributed by atoms with Crippen molar-refractivity contribution in [2.45, 2.75) is 65.2 Å². The van der Waals surface area contributed by atoms with Crippen molar-refractivity contribution in [2.24, 2.45) is 5.92 Å². The van der Waals surface area contributed by atoms with E-state index < -0.39 is 0 Å². The quantitative estimate of drug-likeness (QED) is 0.807. The predicted octanol–water partition coefficient (Wildman–Crippen LogP) is 3.78. The molecule has 1 aromatic heterocycles. The van der Waals surface area contributed by atoms with E-state index in [-0.39, 0.29) is 5.41 Å². The molecule has 1 heterocycles. The minimum absolute atomic E-state index is 0.181. The highest BCUT2D eigenvalue weighted by molar-refractivity contribution is 5.24. The van der Waals surface area contributed by atoms with Crippen LogP contribution in [0.5, 0.6) is 0 Å². The van der Waals surface area contributed by atoms with Gasteiger partial charge < -0.3 is 4.98 Å². The minimum atomic E-state index is 0.181. The lowest BCUT2D eigenvalue weighted by molar-refractivity contribution is 0.440. The Labute approximate surface area is 98.9 Å². The Morgan fingerprint density at radius 3 is 2.69 bits per heavy atom. The molecule has 2 heteroatoms. The number of imidazole rings is 1. The fourth-order valence-corrected chi connectivity index (χ4v) is 2.62. The van der Waals surface area contributed by atoms with Crippen LogP contribution in [0.4, 0.5) is 0 Å². The number of nitrogens with zero attached hydrogens (tertiary/aromatic N) is 1. The molecule has 0 spiro atoms. The standard InChI is InChI=1S/C14H24N2/c1-6-14(4,5)13-15-11-8-9(2)7-10(3)12(11)16-13/h9-10H,6-8H2,1-5H3,(H,15,16). The lowest BCUT2D eigenvalue weighted by atomic mass is 9.84. The van der Waals surface area contributed by atoms with Gasteiger partial charge in [-0.25, -0.2) is 4.98 Å². The number of nitrogens with one attached hydrogen (secondary N) is 1. The van der Waals surface area contributed by atoms with Crippen LogP contribution in [0, 0.1) is 5.92 Å². The van der Waals surface area contributed by atoms with Crippen molar-refractivity contribution in [3.8, 4) is 0 Å². The van der Waals surface area contributed by atoms with Crippen LogP contribution in [0.3, 0.4) is 0 Å². The second-order valence-electron chi connectivity index (χ2n) is 6.13. The molecule has 1 aliphatic rings. The first kappa shape index (κ1) is 11.7. The summed E-state index contributed by atoms with van der Waals surface area (Å²) < 4.78 is 0. The third-order valence-corrected chi connectivity index (χ3v) is 4.11. The topological polar surface area (TPSA) is 28.7 Å². The van der Waals surface area contributed by atoms with Gasteiger partial charge in [0.1, 0.15) is 5.82 Å². The number of hydrogen-bond acceptors (Lipinski definition) is 1. The first-order chi connectivity index (χ1) is 7.44. The van der Waals surface area contributed by atoms with Gasteiger partial charge in [-0.05, 0) is 25.2 Å². The predicted molar refractivity (Wildman–Crippen MR) is 67.8 cm³/mol. The lowest BCUT2D eigenvalue weighted by Crippen LogP contribution is -2.17. The Balaban J connectivity index is 2.37. The van der Waals surface area contributed by atoms with Gasteiger partial charge >= 0.3 is 0 Å². The van der Waals surface area contributed by atoms with Crippen molar-refractivity contribution < 1.29 is 0 Å². The van der Waals surface area contributed by atoms with Crippen LogP contribution in [0.2, 0.25) is 0 Å². The highest BCUT2D eigenvalue weighted by Crippen LogP contribution is 2.35. The molecule has 0 radical (unpaired) electrons. The van der Waals surface area contributed by atoms with Crippen molar-refractivity contribution in [1.82, 2.24) is 9.97 Å². The summed E-state index contributed by atoms with van der Waals surface area (Å²) in [6.45, 7) is 11.4. The number of aromatic nitrogens is 2. The van der Waals surface area contributed by atoms with Crippen LogP contribution in [0.1, 0.15) is 70.6 Å². The van der Waals surface area contributed by atoms with E-state index in [0.29, 0.717) is 5.92 Å². The first-order valence-corrected chi connectivity index (χ1v) is 6.53. The molecule has 0 saturated heterocycles. The van der Waals surface area contributed by atoms with Crippen LogP contribution in [0.25, 0.3) is 0 Å². The molecule has 1 aromatic rings. The van der Waals surface area contributed by atoms with E-state index in [2.05, 4.69) is 39.6 Å². The fourth-order valence-electron chi connectivity index (χ4n) is 2.62. The van der Waals surface area contributed by atoms with Crippen molar-refractivity contribution >= 4 is 0 Å². The van der Waals surface area contributed by atoms with Gasteiger partial charge in [-0.2, -0.15) is 0 Å². The molecule has 0 aliphatic heterocycles. The Morgan fingerprint density at radius 1 is 1.38 bits per heavy atom. The van der Waals surface area contributed by atoms with Gasteiger partial charge in [0.05, 0.1) is 5.69 Å². The van der Waals surface area contributed by atoms with E-state index in [0.717, 1.165) is 12.3 Å². The van der Waals surface area contributed by atoms with Gasteiger partial charge in [-0.3, -0.25) is 0 Å². The zero-order valence-electron chi connectivity index (χ0n) is 11.2. The smallest absolute Gasteiger partial charge is 0.112 e. The highest BCUT2D eigenvalue weighted by atomic mass is 15.0. The molecule has 2 atom stereocenters. The van der Waals surface area contributed by atoms with Crippen LogP contribution in [0.15, 0.2) is 0 Å². The summed E-state index contributed by atoms with van der Waals surface area (Å²) in [4.78, 5) is 8.43. The van der Waals surface area contributed by atoms with Gasteiger partial charge in [0, 0.05) is 17.0 Å². The summed E-state index contributed by atoms with van der Waals surface area (Å²) in [5.41, 5.74) is 2.90. The lowest BCUT2D eigenvalue weighted by Gasteiger charge is -2.22. The van der Waals surface area contributed by atoms with E-state index in [9.17, 15) is 0 Å². The molecular formula is C14H24N2. The van der Waals surface area contributed by atoms with E-state index >= 15 is 0 Å². The number of H-pyrrole nitrogens is 1. The summed E-state index contributed by atoms with van der Waals surface area (Å²) in [5.74, 6) is 2.60. The summed E-state index contributed by atoms with van der Waals surface area (Å²) >= 11 is 0. The molecule has 1 aliphatic carbocycles. The Bertz CT molecular complexity index is 376. The third-order valence-electron chi connectivity index (χ3n) is 4.11. The Kier molecular flexibility index (Phi) is 2.85. The molecule has 90 valence electrons. The van der Waals surface area contributed by atoms with Gasteiger partial charge in [-0.15, -0.1) is 0 Å². The molecule has 0 fully saturated rings. The molecule has 2 unspecified atom stereocenters. The number of hydrogen-bond donors (Lipinski definition) is 1. The summed E-state index contributed by atoms with van der Waals surface area (Å²) in [5, 5.41) is 0. The summed E-state index contributed by atoms with van der Waals surface area (Å²) in [7, 11) is 0. The molecule has 0 saturated carbocycles. The van der Waals surface area contributed by atoms with Crippen LogP contribution in [-0.2, 0) is 11.8 Å². The summed E-state index contributed by atoms with van der Waals surface area (Å²) in [6.07, 6.45) is 3.58. The molecule has 1 N–H and O–H groups in total. The summed E-state index contributed by atoms with van der Waals surface area (Å²) in [6, 6.07) is 0. The van der Waals surface area contributed by atoms with E-state index in [4.69, 9.17) is 4.98 Å². The Hall–Kier alpha value is -0.790. The largest absolute Gasteiger partial charge is 0.345 e. The number of fused-ring (bicyclic) bond motifs is 1. The molecule has 2 rings (SSSR count). The average Bonchev–Trinajstić information content (AvgIpc) is 2.62. The van der Waals surface area contributed by atoms with Crippen molar-refractivity contribution in [3.63, 3.8) is 0 Å². The first-order valence-electron chi connectivity index (χ1n) is 6.53. The molecule has 0 aromatic carbocycles. The van der Waals surface area contributed by atoms with Gasteiger partial charge in [-0.1, -0.05) is 34.6 Å². The zero-order valence-corrected chi connectivity index (χ0v) is 11.2.